The maximum absolute atomic E-state index is 3.94. The van der Waals surface area contributed by atoms with Gasteiger partial charge >= 0.3 is 0 Å². The fraction of sp³-hybridized carbons (Fsp3) is 0.0909. The molecule has 0 aliphatic carbocycles. The maximum atomic E-state index is 3.94. The second kappa shape index (κ2) is 4.79. The number of hydrogen-bond donors (Lipinski definition) is 1. The summed E-state index contributed by atoms with van der Waals surface area (Å²) in [6.07, 6.45) is 7.70. The van der Waals surface area contributed by atoms with Gasteiger partial charge in [0.1, 0.15) is 5.69 Å². The fourth-order valence-corrected chi connectivity index (χ4v) is 1.60. The fourth-order valence-electron chi connectivity index (χ4n) is 1.19. The molecular formula is C11H11N3S. The van der Waals surface area contributed by atoms with Gasteiger partial charge in [-0.05, 0) is 30.0 Å². The largest absolute Gasteiger partial charge is 0.197 e. The molecule has 4 heteroatoms. The monoisotopic (exact) mass is 217 g/mol. The summed E-state index contributed by atoms with van der Waals surface area (Å²) in [7, 11) is 0. The van der Waals surface area contributed by atoms with Crippen LogP contribution in [0.3, 0.4) is 0 Å². The third kappa shape index (κ3) is 2.70. The lowest BCUT2D eigenvalue weighted by molar-refractivity contribution is 0.937. The zero-order valence-corrected chi connectivity index (χ0v) is 9.16. The number of aromatic amines is 1. The van der Waals surface area contributed by atoms with Crippen molar-refractivity contribution in [2.45, 2.75) is 4.90 Å². The van der Waals surface area contributed by atoms with Gasteiger partial charge in [0.2, 0.25) is 0 Å². The second-order valence-corrected chi connectivity index (χ2v) is 3.88. The summed E-state index contributed by atoms with van der Waals surface area (Å²) in [5, 5.41) is 10.2. The van der Waals surface area contributed by atoms with Crippen molar-refractivity contribution >= 4 is 23.9 Å². The van der Waals surface area contributed by atoms with E-state index in [4.69, 9.17) is 0 Å². The first-order valence-electron chi connectivity index (χ1n) is 4.56. The van der Waals surface area contributed by atoms with E-state index in [2.05, 4.69) is 45.9 Å². The van der Waals surface area contributed by atoms with E-state index < -0.39 is 0 Å². The summed E-state index contributed by atoms with van der Waals surface area (Å²) >= 11 is 1.74. The van der Waals surface area contributed by atoms with Crippen molar-refractivity contribution in [1.29, 1.82) is 0 Å². The molecule has 0 bridgehead atoms. The number of H-pyrrole nitrogens is 1. The Hall–Kier alpha value is -1.55. The minimum Gasteiger partial charge on any atom is -0.197 e. The summed E-state index contributed by atoms with van der Waals surface area (Å²) in [5.41, 5.74) is 2.00. The predicted molar refractivity (Wildman–Crippen MR) is 63.5 cm³/mol. The van der Waals surface area contributed by atoms with Gasteiger partial charge < -0.3 is 0 Å². The smallest absolute Gasteiger partial charge is 0.105 e. The van der Waals surface area contributed by atoms with Crippen LogP contribution in [0.25, 0.3) is 12.2 Å². The highest BCUT2D eigenvalue weighted by Crippen LogP contribution is 2.15. The summed E-state index contributed by atoms with van der Waals surface area (Å²) in [6.45, 7) is 0. The van der Waals surface area contributed by atoms with Crippen LogP contribution in [0.4, 0.5) is 0 Å². The van der Waals surface area contributed by atoms with Crippen LogP contribution in [0.15, 0.2) is 35.4 Å². The van der Waals surface area contributed by atoms with Gasteiger partial charge in [0.25, 0.3) is 0 Å². The molecule has 1 N–H and O–H groups in total. The van der Waals surface area contributed by atoms with Crippen LogP contribution < -0.4 is 0 Å². The normalized spacial score (nSPS) is 11.0. The molecular weight excluding hydrogens is 206 g/mol. The molecule has 76 valence electrons. The average Bonchev–Trinajstić information content (AvgIpc) is 2.80. The van der Waals surface area contributed by atoms with Crippen LogP contribution in [0, 0.1) is 0 Å². The lowest BCUT2D eigenvalue weighted by Crippen LogP contribution is -1.74. The Balaban J connectivity index is 2.11. The van der Waals surface area contributed by atoms with Crippen LogP contribution in [-0.2, 0) is 0 Å². The third-order valence-corrected chi connectivity index (χ3v) is 2.74. The molecule has 0 unspecified atom stereocenters. The van der Waals surface area contributed by atoms with Crippen LogP contribution >= 0.6 is 11.8 Å². The van der Waals surface area contributed by atoms with E-state index in [0.717, 1.165) is 11.3 Å². The van der Waals surface area contributed by atoms with Gasteiger partial charge in [-0.3, -0.25) is 0 Å². The zero-order chi connectivity index (χ0) is 10.5. The Morgan fingerprint density at radius 1 is 1.20 bits per heavy atom. The van der Waals surface area contributed by atoms with E-state index in [1.54, 1.807) is 18.0 Å². The molecule has 0 aliphatic heterocycles. The van der Waals surface area contributed by atoms with Crippen molar-refractivity contribution in [2.75, 3.05) is 6.26 Å². The highest BCUT2D eigenvalue weighted by atomic mass is 32.2. The first kappa shape index (κ1) is 9.98. The molecule has 0 fully saturated rings. The Kier molecular flexibility index (Phi) is 3.19. The van der Waals surface area contributed by atoms with E-state index >= 15 is 0 Å². The SMILES string of the molecule is CSc1ccc(C=Cc2cn[nH]n2)cc1. The van der Waals surface area contributed by atoms with Crippen molar-refractivity contribution in [2.24, 2.45) is 0 Å². The molecule has 0 spiro atoms. The Bertz CT molecular complexity index is 431. The van der Waals surface area contributed by atoms with Gasteiger partial charge in [-0.2, -0.15) is 15.4 Å². The van der Waals surface area contributed by atoms with E-state index in [0.29, 0.717) is 0 Å². The molecule has 2 rings (SSSR count). The maximum Gasteiger partial charge on any atom is 0.105 e. The molecule has 0 amide bonds. The molecule has 0 atom stereocenters. The molecule has 2 aromatic rings. The zero-order valence-electron chi connectivity index (χ0n) is 8.34. The number of nitrogens with zero attached hydrogens (tertiary/aromatic N) is 2. The minimum absolute atomic E-state index is 0.837. The molecule has 15 heavy (non-hydrogen) atoms. The number of benzene rings is 1. The molecule has 0 radical (unpaired) electrons. The van der Waals surface area contributed by atoms with Gasteiger partial charge in [0, 0.05) is 4.90 Å². The average molecular weight is 217 g/mol. The van der Waals surface area contributed by atoms with Crippen LogP contribution in [0.2, 0.25) is 0 Å². The van der Waals surface area contributed by atoms with Crippen molar-refractivity contribution in [3.8, 4) is 0 Å². The Morgan fingerprint density at radius 3 is 2.60 bits per heavy atom. The van der Waals surface area contributed by atoms with Crippen molar-refractivity contribution < 1.29 is 0 Å². The van der Waals surface area contributed by atoms with Crippen molar-refractivity contribution in [3.05, 3.63) is 41.7 Å². The first-order valence-corrected chi connectivity index (χ1v) is 5.79. The number of aromatic nitrogens is 3. The van der Waals surface area contributed by atoms with Crippen molar-refractivity contribution in [1.82, 2.24) is 15.4 Å². The predicted octanol–water partition coefficient (Wildman–Crippen LogP) is 2.70. The second-order valence-electron chi connectivity index (χ2n) is 3.00. The highest BCUT2D eigenvalue weighted by molar-refractivity contribution is 7.98. The van der Waals surface area contributed by atoms with E-state index in [1.165, 1.54) is 4.90 Å². The van der Waals surface area contributed by atoms with E-state index in [-0.39, 0.29) is 0 Å². The number of hydrogen-bond acceptors (Lipinski definition) is 3. The molecule has 1 aromatic heterocycles. The van der Waals surface area contributed by atoms with Crippen LogP contribution in [-0.4, -0.2) is 21.7 Å². The van der Waals surface area contributed by atoms with Crippen LogP contribution in [0.1, 0.15) is 11.3 Å². The quantitative estimate of drug-likeness (QED) is 0.804. The summed E-state index contributed by atoms with van der Waals surface area (Å²) in [5.74, 6) is 0. The highest BCUT2D eigenvalue weighted by Gasteiger charge is 1.91. The Labute approximate surface area is 92.6 Å². The summed E-state index contributed by atoms with van der Waals surface area (Å²) in [4.78, 5) is 1.27. The molecule has 3 nitrogen and oxygen atoms in total. The first-order chi connectivity index (χ1) is 7.38. The molecule has 0 saturated heterocycles. The van der Waals surface area contributed by atoms with E-state index in [9.17, 15) is 0 Å². The van der Waals surface area contributed by atoms with Gasteiger partial charge in [0.05, 0.1) is 6.20 Å². The molecule has 0 aliphatic rings. The number of rotatable bonds is 3. The minimum atomic E-state index is 0.837. The van der Waals surface area contributed by atoms with E-state index in [1.807, 2.05) is 12.2 Å². The standard InChI is InChI=1S/C11H11N3S/c1-15-11-6-3-9(4-7-11)2-5-10-8-12-14-13-10/h2-8H,1H3,(H,12,13,14). The van der Waals surface area contributed by atoms with Crippen molar-refractivity contribution in [3.63, 3.8) is 0 Å². The van der Waals surface area contributed by atoms with Gasteiger partial charge in [-0.15, -0.1) is 11.8 Å². The van der Waals surface area contributed by atoms with Crippen LogP contribution in [0.5, 0.6) is 0 Å². The number of thioether (sulfide) groups is 1. The topological polar surface area (TPSA) is 41.6 Å². The number of nitrogens with one attached hydrogen (secondary N) is 1. The third-order valence-electron chi connectivity index (χ3n) is 2.00. The molecule has 1 heterocycles. The molecule has 1 aromatic carbocycles. The lowest BCUT2D eigenvalue weighted by Gasteiger charge is -1.96. The van der Waals surface area contributed by atoms with Gasteiger partial charge in [-0.25, -0.2) is 0 Å². The van der Waals surface area contributed by atoms with Gasteiger partial charge in [0.15, 0.2) is 0 Å². The summed E-state index contributed by atoms with van der Waals surface area (Å²) in [6, 6.07) is 8.38. The Morgan fingerprint density at radius 2 is 2.00 bits per heavy atom. The summed E-state index contributed by atoms with van der Waals surface area (Å²) < 4.78 is 0. The lowest BCUT2D eigenvalue weighted by atomic mass is 10.2. The molecule has 0 saturated carbocycles. The van der Waals surface area contributed by atoms with Gasteiger partial charge in [-0.1, -0.05) is 18.2 Å².